The van der Waals surface area contributed by atoms with Crippen LogP contribution in [0.4, 0.5) is 4.39 Å². The summed E-state index contributed by atoms with van der Waals surface area (Å²) in [6, 6.07) is 13.3. The third-order valence-electron chi connectivity index (χ3n) is 6.76. The van der Waals surface area contributed by atoms with Crippen molar-refractivity contribution in [2.75, 3.05) is 39.3 Å². The molecular weight excluding hydrogens is 469 g/mol. The van der Waals surface area contributed by atoms with E-state index in [1.165, 1.54) is 6.07 Å². The molecule has 2 fully saturated rings. The zero-order valence-electron chi connectivity index (χ0n) is 20.0. The first-order valence-electron chi connectivity index (χ1n) is 12.4. The summed E-state index contributed by atoms with van der Waals surface area (Å²) >= 11 is 0. The van der Waals surface area contributed by atoms with E-state index in [1.54, 1.807) is 40.7 Å². The van der Waals surface area contributed by atoms with Gasteiger partial charge in [0.1, 0.15) is 18.2 Å². The van der Waals surface area contributed by atoms with Crippen molar-refractivity contribution in [2.45, 2.75) is 43.5 Å². The minimum absolute atomic E-state index is 0.0158. The van der Waals surface area contributed by atoms with E-state index in [-0.39, 0.29) is 22.5 Å². The SMILES string of the molecule is O=C(NCCOc1ccc(S(=O)(=O)N2CCCCC2)cc1)C1CCN(Cc2ccccc2F)CC1. The minimum Gasteiger partial charge on any atom is -0.492 e. The van der Waals surface area contributed by atoms with Crippen molar-refractivity contribution in [2.24, 2.45) is 5.92 Å². The summed E-state index contributed by atoms with van der Waals surface area (Å²) in [5.41, 5.74) is 0.685. The standard InChI is InChI=1S/C26H34FN3O4S/c27-25-7-3-2-6-22(25)20-29-17-12-21(13-18-29)26(31)28-14-19-34-23-8-10-24(11-9-23)35(32,33)30-15-4-1-5-16-30/h2-3,6-11,21H,1,4-5,12-20H2,(H,28,31). The van der Waals surface area contributed by atoms with Crippen LogP contribution in [0.25, 0.3) is 0 Å². The van der Waals surface area contributed by atoms with Gasteiger partial charge in [-0.25, -0.2) is 12.8 Å². The summed E-state index contributed by atoms with van der Waals surface area (Å²) in [6.07, 6.45) is 4.37. The number of amides is 1. The molecule has 1 N–H and O–H groups in total. The number of sulfonamides is 1. The van der Waals surface area contributed by atoms with Crippen LogP contribution < -0.4 is 10.1 Å². The number of likely N-dealkylation sites (tertiary alicyclic amines) is 1. The lowest BCUT2D eigenvalue weighted by atomic mass is 9.95. The third-order valence-corrected chi connectivity index (χ3v) is 8.67. The smallest absolute Gasteiger partial charge is 0.243 e. The van der Waals surface area contributed by atoms with E-state index in [1.807, 2.05) is 6.07 Å². The maximum atomic E-state index is 13.9. The number of carbonyl (C=O) groups is 1. The van der Waals surface area contributed by atoms with Gasteiger partial charge in [-0.3, -0.25) is 9.69 Å². The molecule has 0 aliphatic carbocycles. The molecule has 1 amide bonds. The highest BCUT2D eigenvalue weighted by molar-refractivity contribution is 7.89. The molecule has 0 unspecified atom stereocenters. The number of benzene rings is 2. The Balaban J connectivity index is 1.16. The maximum absolute atomic E-state index is 13.9. The Morgan fingerprint density at radius 1 is 0.971 bits per heavy atom. The molecule has 2 aliphatic rings. The van der Waals surface area contributed by atoms with Gasteiger partial charge in [-0.05, 0) is 69.1 Å². The lowest BCUT2D eigenvalue weighted by Gasteiger charge is -2.31. The summed E-state index contributed by atoms with van der Waals surface area (Å²) in [7, 11) is -3.45. The first-order chi connectivity index (χ1) is 16.9. The van der Waals surface area contributed by atoms with E-state index in [9.17, 15) is 17.6 Å². The Labute approximate surface area is 207 Å². The topological polar surface area (TPSA) is 78.9 Å². The lowest BCUT2D eigenvalue weighted by molar-refractivity contribution is -0.126. The third kappa shape index (κ3) is 6.80. The highest BCUT2D eigenvalue weighted by Gasteiger charge is 2.26. The van der Waals surface area contributed by atoms with Crippen LogP contribution >= 0.6 is 0 Å². The first-order valence-corrected chi connectivity index (χ1v) is 13.8. The number of nitrogens with zero attached hydrogens (tertiary/aromatic N) is 2. The van der Waals surface area contributed by atoms with Crippen LogP contribution in [-0.2, 0) is 21.4 Å². The highest BCUT2D eigenvalue weighted by atomic mass is 32.2. The molecule has 2 aromatic rings. The Kier molecular flexibility index (Phi) is 8.75. The molecule has 2 aliphatic heterocycles. The zero-order chi connectivity index (χ0) is 24.7. The van der Waals surface area contributed by atoms with Crippen molar-refractivity contribution < 1.29 is 22.3 Å². The van der Waals surface area contributed by atoms with Crippen molar-refractivity contribution in [1.29, 1.82) is 0 Å². The predicted octanol–water partition coefficient (Wildman–Crippen LogP) is 3.41. The zero-order valence-corrected chi connectivity index (χ0v) is 20.8. The molecule has 9 heteroatoms. The summed E-state index contributed by atoms with van der Waals surface area (Å²) in [5, 5.41) is 2.93. The molecule has 0 radical (unpaired) electrons. The number of nitrogens with one attached hydrogen (secondary N) is 1. The molecule has 4 rings (SSSR count). The molecule has 2 aromatic carbocycles. The van der Waals surface area contributed by atoms with Gasteiger partial charge >= 0.3 is 0 Å². The second kappa shape index (κ2) is 12.0. The summed E-state index contributed by atoms with van der Waals surface area (Å²) in [5.74, 6) is 0.345. The van der Waals surface area contributed by atoms with Gasteiger partial charge < -0.3 is 10.1 Å². The van der Waals surface area contributed by atoms with Gasteiger partial charge in [0.05, 0.1) is 11.4 Å². The summed E-state index contributed by atoms with van der Waals surface area (Å²) < 4.78 is 46.6. The average molecular weight is 504 g/mol. The van der Waals surface area contributed by atoms with E-state index in [0.717, 1.165) is 45.2 Å². The van der Waals surface area contributed by atoms with Crippen LogP contribution in [-0.4, -0.2) is 62.9 Å². The molecule has 190 valence electrons. The van der Waals surface area contributed by atoms with Crippen molar-refractivity contribution >= 4 is 15.9 Å². The molecule has 0 atom stereocenters. The molecule has 0 spiro atoms. The van der Waals surface area contributed by atoms with Crippen molar-refractivity contribution in [3.05, 3.63) is 59.9 Å². The van der Waals surface area contributed by atoms with Gasteiger partial charge in [0.15, 0.2) is 0 Å². The van der Waals surface area contributed by atoms with Crippen LogP contribution in [0.3, 0.4) is 0 Å². The lowest BCUT2D eigenvalue weighted by Crippen LogP contribution is -2.41. The Morgan fingerprint density at radius 3 is 2.34 bits per heavy atom. The van der Waals surface area contributed by atoms with Crippen molar-refractivity contribution in [1.82, 2.24) is 14.5 Å². The number of halogens is 1. The second-order valence-corrected chi connectivity index (χ2v) is 11.2. The molecule has 2 heterocycles. The molecule has 0 aromatic heterocycles. The largest absolute Gasteiger partial charge is 0.492 e. The maximum Gasteiger partial charge on any atom is 0.243 e. The van der Waals surface area contributed by atoms with Crippen molar-refractivity contribution in [3.8, 4) is 5.75 Å². The van der Waals surface area contributed by atoms with E-state index < -0.39 is 10.0 Å². The monoisotopic (exact) mass is 503 g/mol. The molecular formula is C26H34FN3O4S. The van der Waals surface area contributed by atoms with E-state index in [4.69, 9.17) is 4.74 Å². The number of hydrogen-bond donors (Lipinski definition) is 1. The van der Waals surface area contributed by atoms with E-state index in [0.29, 0.717) is 44.1 Å². The molecule has 0 bridgehead atoms. The van der Waals surface area contributed by atoms with Gasteiger partial charge in [-0.1, -0.05) is 24.6 Å². The molecule has 7 nitrogen and oxygen atoms in total. The van der Waals surface area contributed by atoms with Gasteiger partial charge in [-0.15, -0.1) is 0 Å². The minimum atomic E-state index is -3.45. The van der Waals surface area contributed by atoms with Gasteiger partial charge in [0.2, 0.25) is 15.9 Å². The number of piperidine rings is 2. The predicted molar refractivity (Wildman–Crippen MR) is 132 cm³/mol. The average Bonchev–Trinajstić information content (AvgIpc) is 2.89. The van der Waals surface area contributed by atoms with Crippen LogP contribution in [0, 0.1) is 11.7 Å². The number of rotatable bonds is 9. The molecule has 0 saturated carbocycles. The van der Waals surface area contributed by atoms with Crippen LogP contribution in [0.2, 0.25) is 0 Å². The van der Waals surface area contributed by atoms with Gasteiger partial charge in [0, 0.05) is 31.1 Å². The fraction of sp³-hybridized carbons (Fsp3) is 0.500. The second-order valence-electron chi connectivity index (χ2n) is 9.22. The normalized spacial score (nSPS) is 18.3. The first kappa shape index (κ1) is 25.6. The van der Waals surface area contributed by atoms with Gasteiger partial charge in [0.25, 0.3) is 0 Å². The van der Waals surface area contributed by atoms with E-state index in [2.05, 4.69) is 10.2 Å². The van der Waals surface area contributed by atoms with Gasteiger partial charge in [-0.2, -0.15) is 4.31 Å². The van der Waals surface area contributed by atoms with Crippen LogP contribution in [0.1, 0.15) is 37.7 Å². The van der Waals surface area contributed by atoms with Crippen molar-refractivity contribution in [3.63, 3.8) is 0 Å². The fourth-order valence-electron chi connectivity index (χ4n) is 4.67. The number of hydrogen-bond acceptors (Lipinski definition) is 5. The highest BCUT2D eigenvalue weighted by Crippen LogP contribution is 2.23. The molecule has 35 heavy (non-hydrogen) atoms. The Morgan fingerprint density at radius 2 is 1.66 bits per heavy atom. The quantitative estimate of drug-likeness (QED) is 0.531. The summed E-state index contributed by atoms with van der Waals surface area (Å²) in [4.78, 5) is 15.0. The molecule has 2 saturated heterocycles. The fourth-order valence-corrected chi connectivity index (χ4v) is 6.19. The Bertz CT molecular complexity index is 1080. The van der Waals surface area contributed by atoms with E-state index >= 15 is 0 Å². The number of carbonyl (C=O) groups excluding carboxylic acids is 1. The number of ether oxygens (including phenoxy) is 1. The summed E-state index contributed by atoms with van der Waals surface area (Å²) in [6.45, 7) is 3.91. The van der Waals surface area contributed by atoms with Crippen LogP contribution in [0.15, 0.2) is 53.4 Å². The Hall–Kier alpha value is -2.49. The van der Waals surface area contributed by atoms with Crippen LogP contribution in [0.5, 0.6) is 5.75 Å².